The Morgan fingerprint density at radius 3 is 2.61 bits per heavy atom. The fraction of sp³-hybridized carbons (Fsp3) is 0.300. The van der Waals surface area contributed by atoms with E-state index in [9.17, 15) is 19.1 Å². The van der Waals surface area contributed by atoms with Crippen molar-refractivity contribution in [2.45, 2.75) is 12.7 Å². The van der Waals surface area contributed by atoms with E-state index >= 15 is 0 Å². The van der Waals surface area contributed by atoms with Crippen molar-refractivity contribution >= 4 is 12.0 Å². The smallest absolute Gasteiger partial charge is 0.410 e. The number of halogens is 1. The molecule has 1 atom stereocenters. The topological polar surface area (TPSA) is 88.1 Å². The van der Waals surface area contributed by atoms with Gasteiger partial charge in [0.15, 0.2) is 0 Å². The number of nitrogens with zero attached hydrogens (tertiary/aromatic N) is 1. The highest BCUT2D eigenvalue weighted by Gasteiger charge is 2.25. The van der Waals surface area contributed by atoms with Crippen molar-refractivity contribution in [3.63, 3.8) is 0 Å². The molecule has 0 saturated carbocycles. The van der Waals surface area contributed by atoms with Crippen molar-refractivity contribution in [1.82, 2.24) is 10.2 Å². The lowest BCUT2D eigenvalue weighted by atomic mass is 10.2. The second kappa shape index (κ2) is 9.18. The number of rotatable bonds is 5. The van der Waals surface area contributed by atoms with Gasteiger partial charge in [-0.3, -0.25) is 4.79 Å². The monoisotopic (exact) mass is 388 g/mol. The van der Waals surface area contributed by atoms with E-state index in [0.717, 1.165) is 0 Å². The number of carbonyl (C=O) groups is 2. The highest BCUT2D eigenvalue weighted by atomic mass is 19.1. The van der Waals surface area contributed by atoms with Gasteiger partial charge in [0.25, 0.3) is 5.91 Å². The average Bonchev–Trinajstić information content (AvgIpc) is 2.72. The Balaban J connectivity index is 1.45. The number of amides is 2. The normalized spacial score (nSPS) is 16.5. The van der Waals surface area contributed by atoms with Gasteiger partial charge in [0, 0.05) is 18.7 Å². The maximum atomic E-state index is 12.9. The summed E-state index contributed by atoms with van der Waals surface area (Å²) in [6.07, 6.45) is -0.837. The molecule has 2 amide bonds. The zero-order valence-corrected chi connectivity index (χ0v) is 15.1. The summed E-state index contributed by atoms with van der Waals surface area (Å²) in [4.78, 5) is 25.9. The third kappa shape index (κ3) is 5.43. The van der Waals surface area contributed by atoms with E-state index in [2.05, 4.69) is 5.32 Å². The molecule has 1 saturated heterocycles. The third-order valence-electron chi connectivity index (χ3n) is 4.29. The molecule has 148 valence electrons. The van der Waals surface area contributed by atoms with Gasteiger partial charge in [-0.05, 0) is 42.0 Å². The van der Waals surface area contributed by atoms with Crippen LogP contribution >= 0.6 is 0 Å². The fourth-order valence-electron chi connectivity index (χ4n) is 2.75. The molecule has 3 rings (SSSR count). The van der Waals surface area contributed by atoms with Crippen LogP contribution < -0.4 is 5.32 Å². The number of carbonyl (C=O) groups excluding carboxylic acids is 2. The minimum atomic E-state index is -0.484. The Morgan fingerprint density at radius 1 is 1.18 bits per heavy atom. The van der Waals surface area contributed by atoms with Crippen molar-refractivity contribution in [1.29, 1.82) is 0 Å². The maximum Gasteiger partial charge on any atom is 0.410 e. The molecule has 8 heteroatoms. The highest BCUT2D eigenvalue weighted by Crippen LogP contribution is 2.11. The Kier molecular flexibility index (Phi) is 6.44. The van der Waals surface area contributed by atoms with Crippen molar-refractivity contribution in [3.8, 4) is 5.75 Å². The second-order valence-electron chi connectivity index (χ2n) is 6.38. The molecule has 1 aliphatic rings. The zero-order chi connectivity index (χ0) is 19.9. The molecule has 1 fully saturated rings. The van der Waals surface area contributed by atoms with Crippen molar-refractivity contribution < 1.29 is 28.6 Å². The average molecular weight is 388 g/mol. The van der Waals surface area contributed by atoms with Crippen molar-refractivity contribution in [3.05, 3.63) is 65.5 Å². The number of benzene rings is 2. The molecular formula is C20H21FN2O5. The lowest BCUT2D eigenvalue weighted by Crippen LogP contribution is -2.49. The molecule has 1 heterocycles. The summed E-state index contributed by atoms with van der Waals surface area (Å²) in [5, 5.41) is 12.0. The summed E-state index contributed by atoms with van der Waals surface area (Å²) in [5.41, 5.74) is 1.12. The number of aromatic hydroxyl groups is 1. The summed E-state index contributed by atoms with van der Waals surface area (Å²) in [6.45, 7) is 1.31. The Hall–Kier alpha value is -3.13. The Morgan fingerprint density at radius 2 is 1.89 bits per heavy atom. The molecule has 0 aliphatic carbocycles. The number of phenolic OH excluding ortho intramolecular Hbond substituents is 1. The first-order valence-electron chi connectivity index (χ1n) is 8.86. The largest absolute Gasteiger partial charge is 0.508 e. The molecule has 2 aromatic rings. The predicted molar refractivity (Wildman–Crippen MR) is 98.3 cm³/mol. The first-order valence-corrected chi connectivity index (χ1v) is 8.86. The standard InChI is InChI=1S/C20H21FN2O5/c21-16-5-1-14(2-6-16)13-28-20(26)23-9-10-27-18(12-23)11-22-19(25)15-3-7-17(24)8-4-15/h1-8,18,24H,9-13H2,(H,22,25). The van der Waals surface area contributed by atoms with E-state index < -0.39 is 6.09 Å². The SMILES string of the molecule is O=C(NCC1CN(C(=O)OCc2ccc(F)cc2)CCO1)c1ccc(O)cc1. The minimum Gasteiger partial charge on any atom is -0.508 e. The van der Waals surface area contributed by atoms with Crippen LogP contribution in [0.2, 0.25) is 0 Å². The van der Waals surface area contributed by atoms with Crippen LogP contribution in [0.4, 0.5) is 9.18 Å². The maximum absolute atomic E-state index is 12.9. The van der Waals surface area contributed by atoms with Gasteiger partial charge in [-0.2, -0.15) is 0 Å². The van der Waals surface area contributed by atoms with Crippen LogP contribution in [0.15, 0.2) is 48.5 Å². The number of hydrogen-bond acceptors (Lipinski definition) is 5. The lowest BCUT2D eigenvalue weighted by molar-refractivity contribution is -0.0263. The zero-order valence-electron chi connectivity index (χ0n) is 15.1. The molecule has 28 heavy (non-hydrogen) atoms. The molecule has 0 bridgehead atoms. The number of morpholine rings is 1. The van der Waals surface area contributed by atoms with Gasteiger partial charge >= 0.3 is 6.09 Å². The minimum absolute atomic E-state index is 0.0543. The predicted octanol–water partition coefficient (Wildman–Crippen LogP) is 2.30. The van der Waals surface area contributed by atoms with Gasteiger partial charge < -0.3 is 24.8 Å². The summed E-state index contributed by atoms with van der Waals surface area (Å²) in [7, 11) is 0. The van der Waals surface area contributed by atoms with Crippen molar-refractivity contribution in [2.24, 2.45) is 0 Å². The van der Waals surface area contributed by atoms with E-state index in [0.29, 0.717) is 24.3 Å². The van der Waals surface area contributed by atoms with Gasteiger partial charge in [0.05, 0.1) is 19.3 Å². The van der Waals surface area contributed by atoms with Crippen LogP contribution in [0.3, 0.4) is 0 Å². The van der Waals surface area contributed by atoms with Gasteiger partial charge in [-0.1, -0.05) is 12.1 Å². The van der Waals surface area contributed by atoms with E-state index in [1.807, 2.05) is 0 Å². The first-order chi connectivity index (χ1) is 13.5. The molecule has 2 aromatic carbocycles. The third-order valence-corrected chi connectivity index (χ3v) is 4.29. The fourth-order valence-corrected chi connectivity index (χ4v) is 2.75. The lowest BCUT2D eigenvalue weighted by Gasteiger charge is -2.32. The quantitative estimate of drug-likeness (QED) is 0.821. The van der Waals surface area contributed by atoms with Crippen LogP contribution in [-0.2, 0) is 16.1 Å². The molecule has 2 N–H and O–H groups in total. The van der Waals surface area contributed by atoms with Crippen LogP contribution in [0.5, 0.6) is 5.75 Å². The second-order valence-corrected chi connectivity index (χ2v) is 6.38. The number of nitrogens with one attached hydrogen (secondary N) is 1. The number of phenols is 1. The van der Waals surface area contributed by atoms with Crippen LogP contribution in [-0.4, -0.2) is 54.4 Å². The highest BCUT2D eigenvalue weighted by molar-refractivity contribution is 5.94. The van der Waals surface area contributed by atoms with Crippen molar-refractivity contribution in [2.75, 3.05) is 26.2 Å². The summed E-state index contributed by atoms with van der Waals surface area (Å²) >= 11 is 0. The Bertz CT molecular complexity index is 810. The number of ether oxygens (including phenoxy) is 2. The van der Waals surface area contributed by atoms with Gasteiger partial charge in [0.1, 0.15) is 18.2 Å². The molecule has 1 aliphatic heterocycles. The molecule has 0 aromatic heterocycles. The van der Waals surface area contributed by atoms with E-state index in [1.54, 1.807) is 12.1 Å². The summed E-state index contributed by atoms with van der Waals surface area (Å²) in [5.74, 6) is -0.554. The molecule has 0 spiro atoms. The van der Waals surface area contributed by atoms with Gasteiger partial charge in [-0.15, -0.1) is 0 Å². The van der Waals surface area contributed by atoms with E-state index in [4.69, 9.17) is 9.47 Å². The molecule has 7 nitrogen and oxygen atoms in total. The molecular weight excluding hydrogens is 367 g/mol. The van der Waals surface area contributed by atoms with Crippen LogP contribution in [0.1, 0.15) is 15.9 Å². The van der Waals surface area contributed by atoms with E-state index in [-0.39, 0.29) is 43.3 Å². The van der Waals surface area contributed by atoms with Gasteiger partial charge in [0.2, 0.25) is 0 Å². The summed E-state index contributed by atoms with van der Waals surface area (Å²) in [6, 6.07) is 11.6. The molecule has 1 unspecified atom stereocenters. The van der Waals surface area contributed by atoms with Gasteiger partial charge in [-0.25, -0.2) is 9.18 Å². The molecule has 0 radical (unpaired) electrons. The van der Waals surface area contributed by atoms with Crippen LogP contribution in [0.25, 0.3) is 0 Å². The van der Waals surface area contributed by atoms with E-state index in [1.165, 1.54) is 41.3 Å². The van der Waals surface area contributed by atoms with Crippen LogP contribution in [0, 0.1) is 5.82 Å². The first kappa shape index (κ1) is 19.6. The summed E-state index contributed by atoms with van der Waals surface area (Å²) < 4.78 is 23.8. The number of hydrogen-bond donors (Lipinski definition) is 2. The Labute approximate surface area is 161 Å².